The van der Waals surface area contributed by atoms with Gasteiger partial charge >= 0.3 is 6.61 Å². The van der Waals surface area contributed by atoms with Crippen molar-refractivity contribution in [3.8, 4) is 11.5 Å². The third kappa shape index (κ3) is 5.31. The number of ether oxygens (including phenoxy) is 3. The minimum absolute atomic E-state index is 0.00492. The van der Waals surface area contributed by atoms with Gasteiger partial charge in [-0.25, -0.2) is 0 Å². The monoisotopic (exact) mass is 425 g/mol. The highest BCUT2D eigenvalue weighted by molar-refractivity contribution is 5.43. The van der Waals surface area contributed by atoms with Crippen molar-refractivity contribution >= 4 is 0 Å². The van der Waals surface area contributed by atoms with Crippen LogP contribution >= 0.6 is 0 Å². The molecule has 1 N–H and O–H groups in total. The number of alkyl halides is 2. The van der Waals surface area contributed by atoms with Crippen molar-refractivity contribution in [2.75, 3.05) is 33.9 Å². The number of rotatable bonds is 11. The number of benzene rings is 1. The van der Waals surface area contributed by atoms with Crippen LogP contribution < -0.4 is 9.47 Å². The molecule has 168 valence electrons. The van der Waals surface area contributed by atoms with Crippen LogP contribution in [0.4, 0.5) is 8.78 Å². The minimum atomic E-state index is -2.90. The Morgan fingerprint density at radius 1 is 1.27 bits per heavy atom. The zero-order valence-corrected chi connectivity index (χ0v) is 18.2. The molecule has 3 aliphatic rings. The van der Waals surface area contributed by atoms with E-state index in [9.17, 15) is 13.9 Å². The molecule has 0 spiro atoms. The molecule has 0 amide bonds. The molecular formula is C23H33F2NO4. The number of allylic oxidation sites excluding steroid dienone is 1. The lowest BCUT2D eigenvalue weighted by Crippen LogP contribution is -2.48. The molecule has 1 fully saturated rings. The van der Waals surface area contributed by atoms with Crippen molar-refractivity contribution in [2.45, 2.75) is 45.9 Å². The van der Waals surface area contributed by atoms with Gasteiger partial charge in [0.15, 0.2) is 11.5 Å². The highest BCUT2D eigenvalue weighted by atomic mass is 19.3. The molecule has 1 aromatic rings. The topological polar surface area (TPSA) is 51.2 Å². The van der Waals surface area contributed by atoms with Gasteiger partial charge < -0.3 is 19.3 Å². The second-order valence-corrected chi connectivity index (χ2v) is 9.05. The Hall–Kier alpha value is -1.70. The van der Waals surface area contributed by atoms with E-state index in [0.717, 1.165) is 17.9 Å². The molecule has 3 aliphatic carbocycles. The fourth-order valence-electron chi connectivity index (χ4n) is 4.75. The quantitative estimate of drug-likeness (QED) is 0.541. The van der Waals surface area contributed by atoms with Gasteiger partial charge in [0.1, 0.15) is 0 Å². The lowest BCUT2D eigenvalue weighted by Gasteiger charge is -2.56. The Morgan fingerprint density at radius 3 is 2.67 bits per heavy atom. The summed E-state index contributed by atoms with van der Waals surface area (Å²) in [5.41, 5.74) is 2.63. The maximum Gasteiger partial charge on any atom is 0.387 e. The Bertz CT molecular complexity index is 753. The Kier molecular flexibility index (Phi) is 7.37. The molecule has 7 heteroatoms. The molecule has 30 heavy (non-hydrogen) atoms. The standard InChI is InChI=1S/C23H33F2NO4/c1-23(2)17-7-6-16(19(23)10-17)13-29-14-18(27)12-26(3)11-15-5-8-20(30-22(24)25)21(9-15)28-4/h5-6,8-9,17-19,22,27H,7,10-14H2,1-4H3/t17-,18+,19+/m0/s1. The maximum atomic E-state index is 12.4. The fourth-order valence-corrected chi connectivity index (χ4v) is 4.75. The summed E-state index contributed by atoms with van der Waals surface area (Å²) in [6, 6.07) is 4.85. The summed E-state index contributed by atoms with van der Waals surface area (Å²) in [6.45, 7) is 3.61. The SMILES string of the molecule is COc1cc(CN(C)C[C@@H](O)COCC2=CC[C@H]3C[C@H]2C3(C)C)ccc1OC(F)F. The van der Waals surface area contributed by atoms with Crippen LogP contribution in [0.5, 0.6) is 11.5 Å². The molecular weight excluding hydrogens is 392 g/mol. The van der Waals surface area contributed by atoms with Gasteiger partial charge in [-0.2, -0.15) is 8.78 Å². The Balaban J connectivity index is 1.42. The average Bonchev–Trinajstić information content (AvgIpc) is 2.68. The first-order valence-electron chi connectivity index (χ1n) is 10.5. The molecule has 2 bridgehead atoms. The molecule has 4 rings (SSSR count). The van der Waals surface area contributed by atoms with Gasteiger partial charge in [0.2, 0.25) is 0 Å². The predicted molar refractivity (Wildman–Crippen MR) is 111 cm³/mol. The third-order valence-corrected chi connectivity index (χ3v) is 6.58. The van der Waals surface area contributed by atoms with Crippen molar-refractivity contribution in [1.82, 2.24) is 4.90 Å². The van der Waals surface area contributed by atoms with E-state index >= 15 is 0 Å². The van der Waals surface area contributed by atoms with Crippen LogP contribution in [0.25, 0.3) is 0 Å². The number of likely N-dealkylation sites (N-methyl/N-ethyl adjacent to an activating group) is 1. The number of hydrogen-bond donors (Lipinski definition) is 1. The second-order valence-electron chi connectivity index (χ2n) is 9.05. The number of aliphatic hydroxyl groups is 1. The average molecular weight is 426 g/mol. The lowest BCUT2D eigenvalue weighted by molar-refractivity contribution is -0.0512. The van der Waals surface area contributed by atoms with Crippen molar-refractivity contribution in [3.05, 3.63) is 35.4 Å². The van der Waals surface area contributed by atoms with Crippen LogP contribution in [-0.4, -0.2) is 56.6 Å². The zero-order chi connectivity index (χ0) is 21.9. The molecule has 1 saturated carbocycles. The molecule has 5 nitrogen and oxygen atoms in total. The normalized spacial score (nSPS) is 23.2. The first-order valence-corrected chi connectivity index (χ1v) is 10.5. The number of hydrogen-bond acceptors (Lipinski definition) is 5. The smallest absolute Gasteiger partial charge is 0.387 e. The summed E-state index contributed by atoms with van der Waals surface area (Å²) >= 11 is 0. The van der Waals surface area contributed by atoms with Crippen LogP contribution in [0.3, 0.4) is 0 Å². The maximum absolute atomic E-state index is 12.4. The van der Waals surface area contributed by atoms with E-state index < -0.39 is 12.7 Å². The summed E-state index contributed by atoms with van der Waals surface area (Å²) < 4.78 is 40.3. The van der Waals surface area contributed by atoms with Gasteiger partial charge in [-0.3, -0.25) is 4.90 Å². The number of aliphatic hydroxyl groups excluding tert-OH is 1. The summed E-state index contributed by atoms with van der Waals surface area (Å²) in [5.74, 6) is 1.68. The van der Waals surface area contributed by atoms with E-state index in [1.54, 1.807) is 12.1 Å². The van der Waals surface area contributed by atoms with E-state index in [1.807, 2.05) is 11.9 Å². The van der Waals surface area contributed by atoms with E-state index in [4.69, 9.17) is 9.47 Å². The number of halogens is 2. The molecule has 0 heterocycles. The van der Waals surface area contributed by atoms with Crippen LogP contribution in [0, 0.1) is 17.3 Å². The summed E-state index contributed by atoms with van der Waals surface area (Å²) in [5, 5.41) is 10.3. The minimum Gasteiger partial charge on any atom is -0.493 e. The van der Waals surface area contributed by atoms with Crippen LogP contribution in [-0.2, 0) is 11.3 Å². The summed E-state index contributed by atoms with van der Waals surface area (Å²) in [4.78, 5) is 1.95. The zero-order valence-electron chi connectivity index (χ0n) is 18.2. The van der Waals surface area contributed by atoms with Crippen molar-refractivity contribution < 1.29 is 28.1 Å². The van der Waals surface area contributed by atoms with E-state index in [1.165, 1.54) is 25.2 Å². The summed E-state index contributed by atoms with van der Waals surface area (Å²) in [7, 11) is 3.30. The Labute approximate surface area is 177 Å². The predicted octanol–water partition coefficient (Wildman–Crippen LogP) is 4.10. The molecule has 0 unspecified atom stereocenters. The first kappa shape index (κ1) is 23.0. The van der Waals surface area contributed by atoms with Crippen LogP contribution in [0.1, 0.15) is 32.3 Å². The van der Waals surface area contributed by atoms with Crippen molar-refractivity contribution in [2.24, 2.45) is 17.3 Å². The number of nitrogens with zero attached hydrogens (tertiary/aromatic N) is 1. The van der Waals surface area contributed by atoms with E-state index in [-0.39, 0.29) is 18.1 Å². The van der Waals surface area contributed by atoms with Crippen molar-refractivity contribution in [3.63, 3.8) is 0 Å². The highest BCUT2D eigenvalue weighted by Crippen LogP contribution is 2.59. The Morgan fingerprint density at radius 2 is 2.03 bits per heavy atom. The van der Waals surface area contributed by atoms with Gasteiger partial charge in [-0.05, 0) is 60.4 Å². The largest absolute Gasteiger partial charge is 0.493 e. The van der Waals surface area contributed by atoms with Gasteiger partial charge in [0.25, 0.3) is 0 Å². The number of fused-ring (bicyclic) bond motifs is 1. The first-order chi connectivity index (χ1) is 14.2. The molecule has 0 aromatic heterocycles. The van der Waals surface area contributed by atoms with E-state index in [0.29, 0.717) is 31.0 Å². The van der Waals surface area contributed by atoms with E-state index in [2.05, 4.69) is 24.7 Å². The molecule has 0 radical (unpaired) electrons. The van der Waals surface area contributed by atoms with Crippen molar-refractivity contribution in [1.29, 1.82) is 0 Å². The molecule has 1 aromatic carbocycles. The van der Waals surface area contributed by atoms with Gasteiger partial charge in [0.05, 0.1) is 26.4 Å². The molecule has 0 saturated heterocycles. The summed E-state index contributed by atoms with van der Waals surface area (Å²) in [6.07, 6.45) is 4.11. The number of methoxy groups -OCH3 is 1. The lowest BCUT2D eigenvalue weighted by atomic mass is 9.49. The van der Waals surface area contributed by atoms with Crippen LogP contribution in [0.2, 0.25) is 0 Å². The van der Waals surface area contributed by atoms with Gasteiger partial charge in [0, 0.05) is 13.1 Å². The fraction of sp³-hybridized carbons (Fsp3) is 0.652. The van der Waals surface area contributed by atoms with Crippen LogP contribution in [0.15, 0.2) is 29.8 Å². The third-order valence-electron chi connectivity index (χ3n) is 6.58. The van der Waals surface area contributed by atoms with Gasteiger partial charge in [-0.1, -0.05) is 26.0 Å². The van der Waals surface area contributed by atoms with Gasteiger partial charge in [-0.15, -0.1) is 0 Å². The second kappa shape index (κ2) is 9.62. The molecule has 3 atom stereocenters. The molecule has 0 aliphatic heterocycles. The highest BCUT2D eigenvalue weighted by Gasteiger charge is 2.50.